The van der Waals surface area contributed by atoms with Crippen LogP contribution in [-0.4, -0.2) is 35.2 Å². The number of hydrogen-bond acceptors (Lipinski definition) is 2. The van der Waals surface area contributed by atoms with E-state index in [0.29, 0.717) is 12.6 Å². The first kappa shape index (κ1) is 7.56. The molecule has 2 rings (SSSR count). The number of aliphatic hydroxyl groups is 1. The van der Waals surface area contributed by atoms with Gasteiger partial charge >= 0.3 is 0 Å². The lowest BCUT2D eigenvalue weighted by Gasteiger charge is -2.32. The number of hydrogen-bond donors (Lipinski definition) is 1. The van der Waals surface area contributed by atoms with Crippen LogP contribution in [-0.2, 0) is 0 Å². The van der Waals surface area contributed by atoms with Gasteiger partial charge in [0.2, 0.25) is 0 Å². The SMILES string of the molecule is CCN1C2CCC(C2)C1CO. The van der Waals surface area contributed by atoms with E-state index in [2.05, 4.69) is 11.8 Å². The Bertz CT molecular complexity index is 132. The fourth-order valence-corrected chi connectivity index (χ4v) is 2.93. The van der Waals surface area contributed by atoms with E-state index in [1.165, 1.54) is 19.3 Å². The van der Waals surface area contributed by atoms with Crippen LogP contribution in [0.25, 0.3) is 0 Å². The van der Waals surface area contributed by atoms with Crippen LogP contribution in [0.5, 0.6) is 0 Å². The van der Waals surface area contributed by atoms with E-state index >= 15 is 0 Å². The smallest absolute Gasteiger partial charge is 0.0589 e. The average Bonchev–Trinajstić information content (AvgIpc) is 2.60. The first-order chi connectivity index (χ1) is 5.36. The van der Waals surface area contributed by atoms with Crippen LogP contribution in [0.3, 0.4) is 0 Å². The van der Waals surface area contributed by atoms with Crippen molar-refractivity contribution in [3.8, 4) is 0 Å². The van der Waals surface area contributed by atoms with E-state index < -0.39 is 0 Å². The van der Waals surface area contributed by atoms with Gasteiger partial charge in [-0.15, -0.1) is 0 Å². The largest absolute Gasteiger partial charge is 0.395 e. The third-order valence-corrected chi connectivity index (χ3v) is 3.44. The Morgan fingerprint density at radius 2 is 2.27 bits per heavy atom. The average molecular weight is 155 g/mol. The molecule has 0 aromatic rings. The monoisotopic (exact) mass is 155 g/mol. The molecule has 1 aliphatic carbocycles. The molecular formula is C9H17NO. The third kappa shape index (κ3) is 1.00. The molecule has 1 aliphatic heterocycles. The van der Waals surface area contributed by atoms with E-state index in [1.807, 2.05) is 0 Å². The van der Waals surface area contributed by atoms with Crippen LogP contribution in [0.15, 0.2) is 0 Å². The van der Waals surface area contributed by atoms with Crippen molar-refractivity contribution >= 4 is 0 Å². The number of piperidine rings is 1. The summed E-state index contributed by atoms with van der Waals surface area (Å²) in [4.78, 5) is 2.48. The maximum Gasteiger partial charge on any atom is 0.0589 e. The highest BCUT2D eigenvalue weighted by Gasteiger charge is 2.44. The first-order valence-corrected chi connectivity index (χ1v) is 4.73. The maximum atomic E-state index is 9.15. The second-order valence-corrected chi connectivity index (χ2v) is 3.81. The fraction of sp³-hybridized carbons (Fsp3) is 1.00. The zero-order chi connectivity index (χ0) is 7.84. The summed E-state index contributed by atoms with van der Waals surface area (Å²) >= 11 is 0. The predicted octanol–water partition coefficient (Wildman–Crippen LogP) is 0.852. The van der Waals surface area contributed by atoms with Crippen LogP contribution in [0.1, 0.15) is 26.2 Å². The number of rotatable bonds is 2. The topological polar surface area (TPSA) is 23.5 Å². The highest BCUT2D eigenvalue weighted by Crippen LogP contribution is 2.41. The minimum atomic E-state index is 0.370. The second-order valence-electron chi connectivity index (χ2n) is 3.81. The Labute approximate surface area is 68.2 Å². The molecule has 1 saturated heterocycles. The zero-order valence-corrected chi connectivity index (χ0v) is 7.16. The summed E-state index contributed by atoms with van der Waals surface area (Å²) in [6.45, 7) is 3.69. The molecule has 1 heterocycles. The van der Waals surface area contributed by atoms with Crippen molar-refractivity contribution in [1.82, 2.24) is 4.90 Å². The van der Waals surface area contributed by atoms with Crippen LogP contribution in [0, 0.1) is 5.92 Å². The summed E-state index contributed by atoms with van der Waals surface area (Å²) in [5, 5.41) is 9.15. The summed E-state index contributed by atoms with van der Waals surface area (Å²) in [7, 11) is 0. The minimum absolute atomic E-state index is 0.370. The molecule has 64 valence electrons. The summed E-state index contributed by atoms with van der Waals surface area (Å²) in [5.74, 6) is 0.810. The molecule has 0 aromatic carbocycles. The molecule has 0 aromatic heterocycles. The van der Waals surface area contributed by atoms with Gasteiger partial charge in [-0.1, -0.05) is 6.92 Å². The summed E-state index contributed by atoms with van der Waals surface area (Å²) in [5.41, 5.74) is 0. The van der Waals surface area contributed by atoms with Crippen molar-refractivity contribution in [3.63, 3.8) is 0 Å². The van der Waals surface area contributed by atoms with Gasteiger partial charge in [0.15, 0.2) is 0 Å². The highest BCUT2D eigenvalue weighted by molar-refractivity contribution is 4.98. The van der Waals surface area contributed by atoms with Gasteiger partial charge in [-0.2, -0.15) is 0 Å². The van der Waals surface area contributed by atoms with Crippen LogP contribution < -0.4 is 0 Å². The Morgan fingerprint density at radius 3 is 2.82 bits per heavy atom. The van der Waals surface area contributed by atoms with Gasteiger partial charge < -0.3 is 5.11 Å². The molecule has 2 bridgehead atoms. The number of likely N-dealkylation sites (tertiary alicyclic amines) is 1. The molecule has 2 heteroatoms. The maximum absolute atomic E-state index is 9.15. The molecule has 1 saturated carbocycles. The normalized spacial score (nSPS) is 43.6. The quantitative estimate of drug-likeness (QED) is 0.639. The molecule has 0 spiro atoms. The van der Waals surface area contributed by atoms with Crippen LogP contribution in [0.4, 0.5) is 0 Å². The Balaban J connectivity index is 2.08. The Hall–Kier alpha value is -0.0800. The van der Waals surface area contributed by atoms with E-state index in [-0.39, 0.29) is 0 Å². The van der Waals surface area contributed by atoms with Crippen LogP contribution >= 0.6 is 0 Å². The van der Waals surface area contributed by atoms with Crippen molar-refractivity contribution in [3.05, 3.63) is 0 Å². The van der Waals surface area contributed by atoms with Crippen molar-refractivity contribution in [2.45, 2.75) is 38.3 Å². The molecule has 11 heavy (non-hydrogen) atoms. The summed E-state index contributed by atoms with van der Waals surface area (Å²) in [6.07, 6.45) is 4.07. The molecule has 2 fully saturated rings. The van der Waals surface area contributed by atoms with Gasteiger partial charge in [0, 0.05) is 12.1 Å². The Kier molecular flexibility index (Phi) is 1.90. The molecular weight excluding hydrogens is 138 g/mol. The highest BCUT2D eigenvalue weighted by atomic mass is 16.3. The molecule has 3 unspecified atom stereocenters. The van der Waals surface area contributed by atoms with Gasteiger partial charge in [-0.3, -0.25) is 4.90 Å². The van der Waals surface area contributed by atoms with E-state index in [1.54, 1.807) is 0 Å². The molecule has 0 amide bonds. The van der Waals surface area contributed by atoms with Crippen molar-refractivity contribution in [2.24, 2.45) is 5.92 Å². The van der Waals surface area contributed by atoms with Gasteiger partial charge in [-0.25, -0.2) is 0 Å². The van der Waals surface area contributed by atoms with E-state index in [0.717, 1.165) is 18.5 Å². The van der Waals surface area contributed by atoms with E-state index in [9.17, 15) is 0 Å². The molecule has 0 radical (unpaired) electrons. The second kappa shape index (κ2) is 2.76. The molecule has 3 atom stereocenters. The van der Waals surface area contributed by atoms with Crippen molar-refractivity contribution < 1.29 is 5.11 Å². The number of likely N-dealkylation sites (N-methyl/N-ethyl adjacent to an activating group) is 1. The summed E-state index contributed by atoms with van der Waals surface area (Å²) < 4.78 is 0. The van der Waals surface area contributed by atoms with Gasteiger partial charge in [0.1, 0.15) is 0 Å². The summed E-state index contributed by atoms with van der Waals surface area (Å²) in [6, 6.07) is 1.31. The number of fused-ring (bicyclic) bond motifs is 2. The standard InChI is InChI=1S/C9H17NO/c1-2-10-8-4-3-7(5-8)9(10)6-11/h7-9,11H,2-6H2,1H3. The third-order valence-electron chi connectivity index (χ3n) is 3.44. The van der Waals surface area contributed by atoms with Gasteiger partial charge in [-0.05, 0) is 31.7 Å². The predicted molar refractivity (Wildman–Crippen MR) is 44.4 cm³/mol. The van der Waals surface area contributed by atoms with Crippen molar-refractivity contribution in [2.75, 3.05) is 13.2 Å². The van der Waals surface area contributed by atoms with Crippen molar-refractivity contribution in [1.29, 1.82) is 0 Å². The number of aliphatic hydroxyl groups excluding tert-OH is 1. The first-order valence-electron chi connectivity index (χ1n) is 4.73. The lowest BCUT2D eigenvalue weighted by molar-refractivity contribution is 0.0892. The number of nitrogens with zero attached hydrogens (tertiary/aromatic N) is 1. The minimum Gasteiger partial charge on any atom is -0.395 e. The van der Waals surface area contributed by atoms with Gasteiger partial charge in [0.25, 0.3) is 0 Å². The molecule has 2 aliphatic rings. The van der Waals surface area contributed by atoms with Gasteiger partial charge in [0.05, 0.1) is 6.61 Å². The lowest BCUT2D eigenvalue weighted by Crippen LogP contribution is -2.42. The fourth-order valence-electron chi connectivity index (χ4n) is 2.93. The van der Waals surface area contributed by atoms with Crippen LogP contribution in [0.2, 0.25) is 0 Å². The zero-order valence-electron chi connectivity index (χ0n) is 7.16. The van der Waals surface area contributed by atoms with E-state index in [4.69, 9.17) is 5.11 Å². The Morgan fingerprint density at radius 1 is 1.45 bits per heavy atom. The lowest BCUT2D eigenvalue weighted by atomic mass is 10.00. The molecule has 2 nitrogen and oxygen atoms in total. The molecule has 1 N–H and O–H groups in total.